The second kappa shape index (κ2) is 10.7. The van der Waals surface area contributed by atoms with Gasteiger partial charge in [-0.3, -0.25) is 4.79 Å². The maximum absolute atomic E-state index is 10.1. The largest absolute Gasteiger partial charge is 0.465 e. The standard InChI is InChI=1S/C4H9NO2.CHNO/c1-2-7-4(6)3-5;2-1-3/h2-3,5H2,1H3;2H. The van der Waals surface area contributed by atoms with Crippen molar-refractivity contribution >= 4 is 12.0 Å². The first-order valence-corrected chi connectivity index (χ1v) is 2.62. The molecule has 0 saturated heterocycles. The summed E-state index contributed by atoms with van der Waals surface area (Å²) in [5, 5.41) is 5.40. The lowest BCUT2D eigenvalue weighted by Crippen LogP contribution is -2.16. The van der Waals surface area contributed by atoms with Crippen molar-refractivity contribution in [3.05, 3.63) is 0 Å². The molecular formula is C5H10N2O3. The predicted molar refractivity (Wildman–Crippen MR) is 34.1 cm³/mol. The highest BCUT2D eigenvalue weighted by molar-refractivity contribution is 5.71. The Bertz CT molecular complexity index is 118. The van der Waals surface area contributed by atoms with Gasteiger partial charge in [-0.2, -0.15) is 0 Å². The van der Waals surface area contributed by atoms with Crippen LogP contribution in [0.4, 0.5) is 0 Å². The van der Waals surface area contributed by atoms with Crippen LogP contribution in [0.15, 0.2) is 0 Å². The van der Waals surface area contributed by atoms with Gasteiger partial charge < -0.3 is 10.5 Å². The van der Waals surface area contributed by atoms with E-state index in [2.05, 4.69) is 4.74 Å². The fourth-order valence-corrected chi connectivity index (χ4v) is 0.220. The summed E-state index contributed by atoms with van der Waals surface area (Å²) < 4.78 is 4.43. The maximum atomic E-state index is 10.1. The number of hydrogen-bond donors (Lipinski definition) is 2. The van der Waals surface area contributed by atoms with Gasteiger partial charge in [-0.05, 0) is 6.92 Å². The number of carbonyl (C=O) groups excluding carboxylic acids is 2. The average molecular weight is 146 g/mol. The second-order valence-corrected chi connectivity index (χ2v) is 1.11. The molecule has 0 atom stereocenters. The van der Waals surface area contributed by atoms with Crippen LogP contribution in [0, 0.1) is 5.41 Å². The van der Waals surface area contributed by atoms with Crippen molar-refractivity contribution in [2.45, 2.75) is 6.92 Å². The van der Waals surface area contributed by atoms with Gasteiger partial charge in [0.2, 0.25) is 6.08 Å². The molecule has 0 amide bonds. The van der Waals surface area contributed by atoms with Crippen molar-refractivity contribution in [1.29, 1.82) is 5.41 Å². The van der Waals surface area contributed by atoms with Crippen molar-refractivity contribution in [3.63, 3.8) is 0 Å². The first-order valence-electron chi connectivity index (χ1n) is 2.62. The Labute approximate surface area is 58.7 Å². The van der Waals surface area contributed by atoms with Crippen molar-refractivity contribution in [3.8, 4) is 0 Å². The minimum absolute atomic E-state index is 0.0200. The van der Waals surface area contributed by atoms with Crippen LogP contribution in [-0.4, -0.2) is 25.2 Å². The number of rotatable bonds is 2. The Balaban J connectivity index is 0. The number of nitrogens with two attached hydrogens (primary N) is 1. The van der Waals surface area contributed by atoms with E-state index < -0.39 is 0 Å². The lowest BCUT2D eigenvalue weighted by Gasteiger charge is -1.93. The number of ether oxygens (including phenoxy) is 1. The van der Waals surface area contributed by atoms with E-state index in [0.717, 1.165) is 6.08 Å². The molecule has 0 rings (SSSR count). The minimum Gasteiger partial charge on any atom is -0.465 e. The summed E-state index contributed by atoms with van der Waals surface area (Å²) in [5.74, 6) is -0.345. The lowest BCUT2D eigenvalue weighted by molar-refractivity contribution is -0.141. The minimum atomic E-state index is -0.345. The average Bonchev–Trinajstić information content (AvgIpc) is 1.90. The smallest absolute Gasteiger partial charge is 0.319 e. The summed E-state index contributed by atoms with van der Waals surface area (Å²) in [4.78, 5) is 18.4. The fourth-order valence-electron chi connectivity index (χ4n) is 0.220. The molecule has 0 aliphatic carbocycles. The zero-order valence-electron chi connectivity index (χ0n) is 5.72. The Morgan fingerprint density at radius 3 is 2.30 bits per heavy atom. The van der Waals surface area contributed by atoms with Gasteiger partial charge in [0.15, 0.2) is 0 Å². The molecular weight excluding hydrogens is 136 g/mol. The molecule has 5 heteroatoms. The van der Waals surface area contributed by atoms with Crippen LogP contribution >= 0.6 is 0 Å². The second-order valence-electron chi connectivity index (χ2n) is 1.11. The molecule has 0 saturated carbocycles. The van der Waals surface area contributed by atoms with E-state index >= 15 is 0 Å². The van der Waals surface area contributed by atoms with Gasteiger partial charge in [0.25, 0.3) is 0 Å². The first kappa shape index (κ1) is 11.6. The van der Waals surface area contributed by atoms with Gasteiger partial charge in [-0.1, -0.05) is 0 Å². The molecule has 0 radical (unpaired) electrons. The van der Waals surface area contributed by atoms with Crippen LogP contribution in [0.3, 0.4) is 0 Å². The summed E-state index contributed by atoms with van der Waals surface area (Å²) in [6, 6.07) is 0. The van der Waals surface area contributed by atoms with Gasteiger partial charge in [0.05, 0.1) is 13.2 Å². The molecule has 0 bridgehead atoms. The van der Waals surface area contributed by atoms with Crippen LogP contribution in [0.25, 0.3) is 0 Å². The SMILES string of the molecule is CCOC(=O)CN.N=C=O. The van der Waals surface area contributed by atoms with Crippen LogP contribution < -0.4 is 5.73 Å². The highest BCUT2D eigenvalue weighted by Crippen LogP contribution is 1.69. The van der Waals surface area contributed by atoms with E-state index in [-0.39, 0.29) is 12.5 Å². The quantitative estimate of drug-likeness (QED) is 0.309. The van der Waals surface area contributed by atoms with Crippen molar-refractivity contribution < 1.29 is 14.3 Å². The Kier molecular flexibility index (Phi) is 12.4. The lowest BCUT2D eigenvalue weighted by atomic mass is 10.7. The normalized spacial score (nSPS) is 6.60. The third-order valence-corrected chi connectivity index (χ3v) is 0.472. The molecule has 58 valence electrons. The van der Waals surface area contributed by atoms with Crippen molar-refractivity contribution in [2.75, 3.05) is 13.2 Å². The van der Waals surface area contributed by atoms with E-state index in [9.17, 15) is 4.79 Å². The molecule has 0 unspecified atom stereocenters. The summed E-state index contributed by atoms with van der Waals surface area (Å²) in [6.45, 7) is 2.14. The summed E-state index contributed by atoms with van der Waals surface area (Å²) in [7, 11) is 0. The molecule has 0 aromatic carbocycles. The summed E-state index contributed by atoms with van der Waals surface area (Å²) in [6.07, 6.45) is 0.750. The third kappa shape index (κ3) is 15.8. The van der Waals surface area contributed by atoms with E-state index in [1.807, 2.05) is 0 Å². The number of hydrogen-bond acceptors (Lipinski definition) is 5. The Morgan fingerprint density at radius 1 is 1.80 bits per heavy atom. The van der Waals surface area contributed by atoms with Crippen LogP contribution in [0.2, 0.25) is 0 Å². The molecule has 0 spiro atoms. The van der Waals surface area contributed by atoms with Crippen LogP contribution in [-0.2, 0) is 14.3 Å². The molecule has 0 heterocycles. The number of esters is 1. The molecule has 0 aromatic rings. The Hall–Kier alpha value is -1.19. The van der Waals surface area contributed by atoms with Crippen molar-refractivity contribution in [1.82, 2.24) is 0 Å². The zero-order chi connectivity index (χ0) is 8.41. The molecule has 0 fully saturated rings. The summed E-state index contributed by atoms with van der Waals surface area (Å²) in [5.41, 5.74) is 4.88. The maximum Gasteiger partial charge on any atom is 0.319 e. The highest BCUT2D eigenvalue weighted by Gasteiger charge is 1.91. The first-order chi connectivity index (χ1) is 4.72. The van der Waals surface area contributed by atoms with Gasteiger partial charge in [-0.15, -0.1) is 0 Å². The molecule has 5 nitrogen and oxygen atoms in total. The van der Waals surface area contributed by atoms with E-state index in [4.69, 9.17) is 15.9 Å². The van der Waals surface area contributed by atoms with Crippen molar-refractivity contribution in [2.24, 2.45) is 5.73 Å². The van der Waals surface area contributed by atoms with Crippen LogP contribution in [0.1, 0.15) is 6.92 Å². The molecule has 0 aliphatic heterocycles. The zero-order valence-corrected chi connectivity index (χ0v) is 5.72. The van der Waals surface area contributed by atoms with Crippen LogP contribution in [0.5, 0.6) is 0 Å². The Morgan fingerprint density at radius 2 is 2.20 bits per heavy atom. The monoisotopic (exact) mass is 146 g/mol. The van der Waals surface area contributed by atoms with E-state index in [1.54, 1.807) is 6.92 Å². The van der Waals surface area contributed by atoms with E-state index in [0.29, 0.717) is 6.61 Å². The van der Waals surface area contributed by atoms with Gasteiger partial charge in [-0.25, -0.2) is 10.2 Å². The molecule has 3 N–H and O–H groups in total. The fraction of sp³-hybridized carbons (Fsp3) is 0.600. The molecule has 0 aromatic heterocycles. The number of carbonyl (C=O) groups is 1. The number of isocyanates is 1. The molecule has 10 heavy (non-hydrogen) atoms. The van der Waals surface area contributed by atoms with E-state index in [1.165, 1.54) is 0 Å². The topological polar surface area (TPSA) is 93.2 Å². The molecule has 0 aliphatic rings. The van der Waals surface area contributed by atoms with Gasteiger partial charge in [0, 0.05) is 0 Å². The third-order valence-electron chi connectivity index (χ3n) is 0.472. The number of nitrogens with one attached hydrogen (secondary N) is 1. The predicted octanol–water partition coefficient (Wildman–Crippen LogP) is -0.591. The van der Waals surface area contributed by atoms with Gasteiger partial charge >= 0.3 is 5.97 Å². The summed E-state index contributed by atoms with van der Waals surface area (Å²) >= 11 is 0. The highest BCUT2D eigenvalue weighted by atomic mass is 16.5. The van der Waals surface area contributed by atoms with Gasteiger partial charge in [0.1, 0.15) is 0 Å².